The highest BCUT2D eigenvalue weighted by molar-refractivity contribution is 9.10. The van der Waals surface area contributed by atoms with Crippen LogP contribution < -0.4 is 5.32 Å². The van der Waals surface area contributed by atoms with Gasteiger partial charge in [-0.05, 0) is 31.2 Å². The van der Waals surface area contributed by atoms with Crippen molar-refractivity contribution in [2.45, 2.75) is 18.5 Å². The number of hydrogen-bond donors (Lipinski definition) is 2. The lowest BCUT2D eigenvalue weighted by molar-refractivity contribution is -0.118. The van der Waals surface area contributed by atoms with E-state index >= 15 is 0 Å². The summed E-state index contributed by atoms with van der Waals surface area (Å²) in [6, 6.07) is 19.9. The molecule has 2 heterocycles. The molecule has 0 aliphatic rings. The Balaban J connectivity index is 1.54. The summed E-state index contributed by atoms with van der Waals surface area (Å²) in [5.74, 6) is 1.70. The molecule has 0 aliphatic carbocycles. The second kappa shape index (κ2) is 9.36. The summed E-state index contributed by atoms with van der Waals surface area (Å²) in [7, 11) is 0. The van der Waals surface area contributed by atoms with Gasteiger partial charge in [-0.1, -0.05) is 69.7 Å². The maximum absolute atomic E-state index is 12.3. The van der Waals surface area contributed by atoms with E-state index in [2.05, 4.69) is 57.4 Å². The number of carbonyl (C=O) groups excluding carboxylic acids is 1. The number of nitrogens with one attached hydrogen (secondary N) is 2. The number of aryl methyl sites for hydroxylation is 1. The van der Waals surface area contributed by atoms with Crippen LogP contribution in [0.1, 0.15) is 11.3 Å². The lowest BCUT2D eigenvalue weighted by atomic mass is 10.1. The van der Waals surface area contributed by atoms with Crippen molar-refractivity contribution in [1.82, 2.24) is 15.3 Å². The predicted molar refractivity (Wildman–Crippen MR) is 123 cm³/mol. The molecule has 1 amide bonds. The van der Waals surface area contributed by atoms with Gasteiger partial charge in [0.25, 0.3) is 0 Å². The molecule has 0 aliphatic heterocycles. The van der Waals surface area contributed by atoms with Gasteiger partial charge < -0.3 is 14.7 Å². The number of aromatic amines is 1. The van der Waals surface area contributed by atoms with Gasteiger partial charge in [-0.15, -0.1) is 0 Å². The maximum atomic E-state index is 12.3. The van der Waals surface area contributed by atoms with Crippen LogP contribution in [-0.2, 0) is 11.3 Å². The number of carbonyl (C=O) groups is 1. The first-order valence-corrected chi connectivity index (χ1v) is 11.2. The van der Waals surface area contributed by atoms with Crippen LogP contribution in [0.5, 0.6) is 0 Å². The number of rotatable bonds is 7. The van der Waals surface area contributed by atoms with Crippen molar-refractivity contribution in [1.29, 1.82) is 0 Å². The van der Waals surface area contributed by atoms with E-state index in [1.165, 1.54) is 17.3 Å². The molecule has 0 bridgehead atoms. The van der Waals surface area contributed by atoms with Crippen molar-refractivity contribution in [3.63, 3.8) is 0 Å². The molecule has 0 atom stereocenters. The molecule has 0 saturated heterocycles. The van der Waals surface area contributed by atoms with Crippen LogP contribution in [0.25, 0.3) is 22.6 Å². The molecule has 4 rings (SSSR count). The molecule has 0 fully saturated rings. The number of amides is 1. The van der Waals surface area contributed by atoms with Crippen LogP contribution in [0.4, 0.5) is 0 Å². The van der Waals surface area contributed by atoms with Gasteiger partial charge in [0.2, 0.25) is 5.91 Å². The summed E-state index contributed by atoms with van der Waals surface area (Å²) in [5, 5.41) is 3.67. The molecule has 2 aromatic carbocycles. The Hall–Kier alpha value is -2.77. The van der Waals surface area contributed by atoms with Crippen LogP contribution >= 0.6 is 27.7 Å². The number of H-pyrrole nitrogens is 1. The molecule has 4 aromatic rings. The minimum atomic E-state index is -0.0700. The maximum Gasteiger partial charge on any atom is 0.230 e. The average Bonchev–Trinajstić information content (AvgIpc) is 3.42. The van der Waals surface area contributed by atoms with Crippen molar-refractivity contribution >= 4 is 33.6 Å². The summed E-state index contributed by atoms with van der Waals surface area (Å²) < 4.78 is 6.27. The lowest BCUT2D eigenvalue weighted by Crippen LogP contribution is -2.24. The van der Waals surface area contributed by atoms with Crippen LogP contribution in [0.15, 0.2) is 80.8 Å². The second-order valence-electron chi connectivity index (χ2n) is 6.78. The number of halogens is 1. The Kier molecular flexibility index (Phi) is 6.40. The third-order valence-corrected chi connectivity index (χ3v) is 6.01. The molecule has 0 spiro atoms. The molecule has 0 radical (unpaired) electrons. The summed E-state index contributed by atoms with van der Waals surface area (Å²) in [5.41, 5.74) is 4.13. The summed E-state index contributed by atoms with van der Waals surface area (Å²) in [6.45, 7) is 2.44. The minimum absolute atomic E-state index is 0.0700. The van der Waals surface area contributed by atoms with Gasteiger partial charge in [0.05, 0.1) is 24.3 Å². The van der Waals surface area contributed by atoms with E-state index in [-0.39, 0.29) is 11.7 Å². The molecule has 30 heavy (non-hydrogen) atoms. The second-order valence-corrected chi connectivity index (χ2v) is 8.66. The normalized spacial score (nSPS) is 10.9. The van der Waals surface area contributed by atoms with E-state index in [9.17, 15) is 4.79 Å². The van der Waals surface area contributed by atoms with Gasteiger partial charge in [0.15, 0.2) is 0 Å². The predicted octanol–water partition coefficient (Wildman–Crippen LogP) is 5.82. The zero-order valence-electron chi connectivity index (χ0n) is 16.3. The summed E-state index contributed by atoms with van der Waals surface area (Å²) in [6.07, 6.45) is 1.59. The Morgan fingerprint density at radius 2 is 1.83 bits per heavy atom. The molecular weight excluding hydrogens is 462 g/mol. The fourth-order valence-electron chi connectivity index (χ4n) is 2.91. The highest BCUT2D eigenvalue weighted by Crippen LogP contribution is 2.33. The third-order valence-electron chi connectivity index (χ3n) is 4.51. The highest BCUT2D eigenvalue weighted by Gasteiger charge is 2.16. The Morgan fingerprint density at radius 1 is 1.10 bits per heavy atom. The van der Waals surface area contributed by atoms with Gasteiger partial charge in [0, 0.05) is 15.6 Å². The fourth-order valence-corrected chi connectivity index (χ4v) is 4.01. The third kappa shape index (κ3) is 5.04. The number of nitrogens with zero attached hydrogens (tertiary/aromatic N) is 1. The van der Waals surface area contributed by atoms with Gasteiger partial charge in [-0.25, -0.2) is 4.98 Å². The minimum Gasteiger partial charge on any atom is -0.467 e. The number of furan rings is 1. The van der Waals surface area contributed by atoms with E-state index in [0.717, 1.165) is 37.9 Å². The average molecular weight is 482 g/mol. The van der Waals surface area contributed by atoms with E-state index in [1.54, 1.807) is 12.3 Å². The number of benzene rings is 2. The molecule has 0 unspecified atom stereocenters. The van der Waals surface area contributed by atoms with Gasteiger partial charge >= 0.3 is 0 Å². The van der Waals surface area contributed by atoms with Crippen LogP contribution in [0.2, 0.25) is 0 Å². The number of aromatic nitrogens is 2. The Morgan fingerprint density at radius 3 is 2.53 bits per heavy atom. The van der Waals surface area contributed by atoms with E-state index in [1.807, 2.05) is 30.3 Å². The van der Waals surface area contributed by atoms with E-state index in [4.69, 9.17) is 9.40 Å². The number of hydrogen-bond acceptors (Lipinski definition) is 4. The Labute approximate surface area is 187 Å². The first kappa shape index (κ1) is 20.5. The lowest BCUT2D eigenvalue weighted by Gasteiger charge is -2.04. The van der Waals surface area contributed by atoms with Crippen LogP contribution in [0, 0.1) is 6.92 Å². The van der Waals surface area contributed by atoms with Crippen LogP contribution in [0.3, 0.4) is 0 Å². The largest absolute Gasteiger partial charge is 0.467 e. The molecular formula is C23H20BrN3O2S. The number of thioether (sulfide) groups is 1. The summed E-state index contributed by atoms with van der Waals surface area (Å²) in [4.78, 5) is 20.5. The molecule has 7 heteroatoms. The van der Waals surface area contributed by atoms with E-state index < -0.39 is 0 Å². The summed E-state index contributed by atoms with van der Waals surface area (Å²) >= 11 is 4.88. The molecule has 2 aromatic heterocycles. The molecule has 152 valence electrons. The van der Waals surface area contributed by atoms with Crippen molar-refractivity contribution in [2.24, 2.45) is 0 Å². The van der Waals surface area contributed by atoms with Crippen molar-refractivity contribution in [3.05, 3.63) is 82.7 Å². The zero-order chi connectivity index (χ0) is 20.9. The van der Waals surface area contributed by atoms with Crippen molar-refractivity contribution < 1.29 is 9.21 Å². The van der Waals surface area contributed by atoms with Gasteiger partial charge in [-0.3, -0.25) is 4.79 Å². The van der Waals surface area contributed by atoms with Crippen molar-refractivity contribution in [2.75, 3.05) is 5.75 Å². The standard InChI is InChI=1S/C23H20BrN3O2S/c1-15-4-6-16(7-5-15)21-23(27-22(26-21)17-8-10-18(24)11-9-17)30-14-20(28)25-13-19-3-2-12-29-19/h2-12H,13-14H2,1H3,(H,25,28)(H,26,27). The van der Waals surface area contributed by atoms with Crippen molar-refractivity contribution in [3.8, 4) is 22.6 Å². The quantitative estimate of drug-likeness (QED) is 0.326. The molecule has 0 saturated carbocycles. The molecule has 2 N–H and O–H groups in total. The van der Waals surface area contributed by atoms with Gasteiger partial charge in [-0.2, -0.15) is 0 Å². The van der Waals surface area contributed by atoms with E-state index in [0.29, 0.717) is 6.54 Å². The molecule has 5 nitrogen and oxygen atoms in total. The topological polar surface area (TPSA) is 70.9 Å². The first-order chi connectivity index (χ1) is 14.6. The monoisotopic (exact) mass is 481 g/mol. The first-order valence-electron chi connectivity index (χ1n) is 9.43. The SMILES string of the molecule is Cc1ccc(-c2[nH]c(-c3ccc(Br)cc3)nc2SCC(=O)NCc2ccco2)cc1. The Bertz CT molecular complexity index is 1120. The highest BCUT2D eigenvalue weighted by atomic mass is 79.9. The zero-order valence-corrected chi connectivity index (χ0v) is 18.7. The smallest absolute Gasteiger partial charge is 0.230 e. The fraction of sp³-hybridized carbons (Fsp3) is 0.130. The number of imidazole rings is 1. The van der Waals surface area contributed by atoms with Gasteiger partial charge in [0.1, 0.15) is 16.6 Å². The van der Waals surface area contributed by atoms with Crippen LogP contribution in [-0.4, -0.2) is 21.6 Å².